The van der Waals surface area contributed by atoms with Crippen LogP contribution in [0.1, 0.15) is 24.2 Å². The summed E-state index contributed by atoms with van der Waals surface area (Å²) in [7, 11) is -3.35. The average molecular weight is 441 g/mol. The number of aliphatic hydroxyl groups is 1. The number of hydrogen-bond donors (Lipinski definition) is 1. The molecule has 2 aromatic carbocycles. The minimum absolute atomic E-state index is 0.0892. The maximum atomic E-state index is 11.5. The van der Waals surface area contributed by atoms with E-state index in [2.05, 4.69) is 67.7 Å². The molecule has 0 saturated carbocycles. The van der Waals surface area contributed by atoms with E-state index in [1.54, 1.807) is 0 Å². The minimum atomic E-state index is -1.68. The SMILES string of the molecule is C[C@@H]1[C@@H](C(O)c2ccccc2)C(c2ccccc2)=NO[C@H]1N([Si](C)(C)C)[Si](C)(C)C. The van der Waals surface area contributed by atoms with Crippen LogP contribution in [0.4, 0.5) is 0 Å². The molecule has 3 rings (SSSR count). The van der Waals surface area contributed by atoms with E-state index < -0.39 is 22.6 Å². The van der Waals surface area contributed by atoms with E-state index in [-0.39, 0.29) is 18.1 Å². The third kappa shape index (κ3) is 4.77. The Morgan fingerprint density at radius 2 is 1.37 bits per heavy atom. The molecule has 0 saturated heterocycles. The van der Waals surface area contributed by atoms with Gasteiger partial charge in [-0.25, -0.2) is 0 Å². The maximum Gasteiger partial charge on any atom is 0.172 e. The first-order valence-electron chi connectivity index (χ1n) is 10.8. The summed E-state index contributed by atoms with van der Waals surface area (Å²) in [5, 5.41) is 16.2. The summed E-state index contributed by atoms with van der Waals surface area (Å²) in [5.74, 6) is -0.0601. The summed E-state index contributed by atoms with van der Waals surface area (Å²) in [4.78, 5) is 6.26. The van der Waals surface area contributed by atoms with E-state index in [1.807, 2.05) is 48.5 Å². The molecule has 1 aliphatic rings. The van der Waals surface area contributed by atoms with E-state index in [1.165, 1.54) is 0 Å². The summed E-state index contributed by atoms with van der Waals surface area (Å²) in [6.45, 7) is 16.5. The Bertz CT molecular complexity index is 846. The first-order valence-corrected chi connectivity index (χ1v) is 17.7. The monoisotopic (exact) mass is 440 g/mol. The van der Waals surface area contributed by atoms with Gasteiger partial charge >= 0.3 is 0 Å². The molecule has 4 nitrogen and oxygen atoms in total. The molecule has 0 fully saturated rings. The highest BCUT2D eigenvalue weighted by Gasteiger charge is 2.49. The summed E-state index contributed by atoms with van der Waals surface area (Å²) in [6.07, 6.45) is -0.768. The highest BCUT2D eigenvalue weighted by molar-refractivity contribution is 6.89. The van der Waals surface area contributed by atoms with Gasteiger partial charge in [-0.1, -0.05) is 112 Å². The van der Waals surface area contributed by atoms with Crippen molar-refractivity contribution in [1.29, 1.82) is 0 Å². The normalized spacial score (nSPS) is 23.6. The Balaban J connectivity index is 2.09. The molecule has 1 aliphatic heterocycles. The van der Waals surface area contributed by atoms with Crippen LogP contribution in [0.3, 0.4) is 0 Å². The van der Waals surface area contributed by atoms with Gasteiger partial charge < -0.3 is 14.2 Å². The van der Waals surface area contributed by atoms with Gasteiger partial charge in [0, 0.05) is 11.8 Å². The van der Waals surface area contributed by atoms with Crippen molar-refractivity contribution in [2.75, 3.05) is 0 Å². The first-order chi connectivity index (χ1) is 14.0. The molecule has 0 spiro atoms. The smallest absolute Gasteiger partial charge is 0.172 e. The fraction of sp³-hybridized carbons (Fsp3) is 0.458. The largest absolute Gasteiger partial charge is 0.388 e. The van der Waals surface area contributed by atoms with Gasteiger partial charge in [-0.05, 0) is 11.1 Å². The van der Waals surface area contributed by atoms with Crippen molar-refractivity contribution in [3.63, 3.8) is 0 Å². The van der Waals surface area contributed by atoms with E-state index in [4.69, 9.17) is 4.84 Å². The molecule has 1 N–H and O–H groups in total. The molecule has 0 aliphatic carbocycles. The van der Waals surface area contributed by atoms with Crippen LogP contribution in [0, 0.1) is 11.8 Å². The van der Waals surface area contributed by atoms with Crippen LogP contribution in [0.2, 0.25) is 39.3 Å². The first kappa shape index (κ1) is 22.9. The second-order valence-electron chi connectivity index (χ2n) is 10.3. The van der Waals surface area contributed by atoms with Gasteiger partial charge in [0.2, 0.25) is 0 Å². The second-order valence-corrected chi connectivity index (χ2v) is 20.4. The molecular formula is C24H36N2O2Si2. The molecule has 0 amide bonds. The zero-order valence-electron chi connectivity index (χ0n) is 19.3. The highest BCUT2D eigenvalue weighted by atomic mass is 28.4. The number of aliphatic hydroxyl groups excluding tert-OH is 1. The molecule has 6 heteroatoms. The maximum absolute atomic E-state index is 11.5. The fourth-order valence-electron chi connectivity index (χ4n) is 4.89. The number of rotatable bonds is 6. The van der Waals surface area contributed by atoms with Crippen LogP contribution < -0.4 is 0 Å². The lowest BCUT2D eigenvalue weighted by Gasteiger charge is -2.51. The van der Waals surface area contributed by atoms with Gasteiger partial charge in [0.25, 0.3) is 0 Å². The molecule has 1 heterocycles. The van der Waals surface area contributed by atoms with Gasteiger partial charge in [0.05, 0.1) is 11.8 Å². The van der Waals surface area contributed by atoms with Gasteiger partial charge in [-0.3, -0.25) is 0 Å². The highest BCUT2D eigenvalue weighted by Crippen LogP contribution is 2.40. The Hall–Kier alpha value is -1.74. The van der Waals surface area contributed by atoms with Crippen LogP contribution in [0.15, 0.2) is 65.8 Å². The quantitative estimate of drug-likeness (QED) is 0.586. The zero-order chi connectivity index (χ0) is 22.1. The topological polar surface area (TPSA) is 45.1 Å². The lowest BCUT2D eigenvalue weighted by molar-refractivity contribution is -0.0721. The van der Waals surface area contributed by atoms with Crippen LogP contribution in [0.5, 0.6) is 0 Å². The minimum Gasteiger partial charge on any atom is -0.388 e. The van der Waals surface area contributed by atoms with Crippen molar-refractivity contribution in [1.82, 2.24) is 4.23 Å². The third-order valence-electron chi connectivity index (χ3n) is 5.84. The Labute approximate surface area is 183 Å². The van der Waals surface area contributed by atoms with Crippen molar-refractivity contribution in [2.45, 2.75) is 58.5 Å². The molecule has 162 valence electrons. The van der Waals surface area contributed by atoms with Crippen molar-refractivity contribution in [3.8, 4) is 0 Å². The molecule has 4 atom stereocenters. The van der Waals surface area contributed by atoms with E-state index in [9.17, 15) is 5.11 Å². The summed E-state index contributed by atoms with van der Waals surface area (Å²) in [6, 6.07) is 20.1. The van der Waals surface area contributed by atoms with E-state index in [0.717, 1.165) is 16.8 Å². The van der Waals surface area contributed by atoms with Crippen LogP contribution in [0.25, 0.3) is 0 Å². The summed E-state index contributed by atoms with van der Waals surface area (Å²) >= 11 is 0. The summed E-state index contributed by atoms with van der Waals surface area (Å²) in [5.41, 5.74) is 2.77. The van der Waals surface area contributed by atoms with Crippen LogP contribution >= 0.6 is 0 Å². The predicted molar refractivity (Wildman–Crippen MR) is 130 cm³/mol. The molecule has 2 aromatic rings. The van der Waals surface area contributed by atoms with E-state index in [0.29, 0.717) is 0 Å². The molecule has 0 aromatic heterocycles. The molecule has 0 bridgehead atoms. The average Bonchev–Trinajstić information content (AvgIpc) is 2.68. The number of nitrogens with zero attached hydrogens (tertiary/aromatic N) is 2. The Morgan fingerprint density at radius 3 is 1.87 bits per heavy atom. The second kappa shape index (κ2) is 8.79. The molecule has 1 unspecified atom stereocenters. The van der Waals surface area contributed by atoms with Crippen LogP contribution in [-0.2, 0) is 4.84 Å². The third-order valence-corrected chi connectivity index (χ3v) is 13.3. The zero-order valence-corrected chi connectivity index (χ0v) is 21.3. The molecule has 30 heavy (non-hydrogen) atoms. The van der Waals surface area contributed by atoms with Crippen molar-refractivity contribution >= 4 is 22.2 Å². The Morgan fingerprint density at radius 1 is 0.867 bits per heavy atom. The molecule has 0 radical (unpaired) electrons. The van der Waals surface area contributed by atoms with E-state index >= 15 is 0 Å². The number of hydrogen-bond acceptors (Lipinski definition) is 4. The van der Waals surface area contributed by atoms with Gasteiger partial charge in [-0.2, -0.15) is 0 Å². The predicted octanol–water partition coefficient (Wildman–Crippen LogP) is 5.70. The van der Waals surface area contributed by atoms with Crippen molar-refractivity contribution < 1.29 is 9.94 Å². The number of benzene rings is 2. The summed E-state index contributed by atoms with van der Waals surface area (Å²) < 4.78 is 2.65. The van der Waals surface area contributed by atoms with Crippen molar-refractivity contribution in [3.05, 3.63) is 71.8 Å². The fourth-order valence-corrected chi connectivity index (χ4v) is 15.0. The van der Waals surface area contributed by atoms with Crippen LogP contribution in [-0.4, -0.2) is 37.7 Å². The number of oxime groups is 1. The Kier molecular flexibility index (Phi) is 6.72. The lowest BCUT2D eigenvalue weighted by atomic mass is 9.78. The molecular weight excluding hydrogens is 404 g/mol. The van der Waals surface area contributed by atoms with Gasteiger partial charge in [0.15, 0.2) is 6.23 Å². The van der Waals surface area contributed by atoms with Gasteiger partial charge in [0.1, 0.15) is 16.5 Å². The standard InChI is InChI=1S/C24H36N2O2Si2/c1-18-21(23(27)20-16-12-9-13-17-20)22(19-14-10-8-11-15-19)25-28-24(18)26(29(2,3)4)30(5,6)7/h8-18,21,23-24,27H,1-7H3/t18-,21-,23?,24-/m1/s1. The van der Waals surface area contributed by atoms with Crippen molar-refractivity contribution in [2.24, 2.45) is 17.0 Å². The lowest BCUT2D eigenvalue weighted by Crippen LogP contribution is -2.66. The van der Waals surface area contributed by atoms with Gasteiger partial charge in [-0.15, -0.1) is 0 Å².